The van der Waals surface area contributed by atoms with Gasteiger partial charge in [-0.05, 0) is 23.6 Å². The van der Waals surface area contributed by atoms with Crippen LogP contribution >= 0.6 is 11.9 Å². The quantitative estimate of drug-likeness (QED) is 0.225. The first-order chi connectivity index (χ1) is 15.9. The number of hydrogen-bond acceptors (Lipinski definition) is 8. The van der Waals surface area contributed by atoms with E-state index in [4.69, 9.17) is 18.9 Å². The number of carbonyl (C=O) groups excluding carboxylic acids is 3. The van der Waals surface area contributed by atoms with Crippen molar-refractivity contribution in [3.05, 3.63) is 35.4 Å². The van der Waals surface area contributed by atoms with Crippen LogP contribution in [0.4, 0.5) is 4.79 Å². The molecule has 3 amide bonds. The zero-order valence-electron chi connectivity index (χ0n) is 19.5. The third-order valence-corrected chi connectivity index (χ3v) is 4.30. The summed E-state index contributed by atoms with van der Waals surface area (Å²) in [6.45, 7) is 6.66. The van der Waals surface area contributed by atoms with E-state index in [1.807, 2.05) is 19.9 Å². The molecule has 1 aromatic rings. The summed E-state index contributed by atoms with van der Waals surface area (Å²) in [6, 6.07) is 7.05. The van der Waals surface area contributed by atoms with Crippen LogP contribution < -0.4 is 15.4 Å². The SMILES string of the molecule is CSNC(=O)c1cccc(CNC(=O)COCCOCCOCCNC(=O)OCC(C)C)c1. The maximum atomic E-state index is 11.9. The molecule has 11 heteroatoms. The van der Waals surface area contributed by atoms with Gasteiger partial charge in [0.1, 0.15) is 6.61 Å². The molecule has 0 spiro atoms. The van der Waals surface area contributed by atoms with Crippen LogP contribution in [-0.2, 0) is 30.3 Å². The van der Waals surface area contributed by atoms with Crippen LogP contribution in [-0.4, -0.2) is 77.0 Å². The number of benzene rings is 1. The molecule has 186 valence electrons. The fraction of sp³-hybridized carbons (Fsp3) is 0.591. The Morgan fingerprint density at radius 2 is 1.67 bits per heavy atom. The minimum Gasteiger partial charge on any atom is -0.449 e. The van der Waals surface area contributed by atoms with Crippen molar-refractivity contribution in [1.29, 1.82) is 0 Å². The van der Waals surface area contributed by atoms with Gasteiger partial charge in [-0.25, -0.2) is 4.79 Å². The van der Waals surface area contributed by atoms with Gasteiger partial charge in [-0.15, -0.1) is 0 Å². The first-order valence-corrected chi connectivity index (χ1v) is 12.0. The lowest BCUT2D eigenvalue weighted by molar-refractivity contribution is -0.126. The summed E-state index contributed by atoms with van der Waals surface area (Å²) in [7, 11) is 0. The van der Waals surface area contributed by atoms with E-state index >= 15 is 0 Å². The zero-order chi connectivity index (χ0) is 24.3. The topological polar surface area (TPSA) is 124 Å². The summed E-state index contributed by atoms with van der Waals surface area (Å²) in [6.07, 6.45) is 1.33. The lowest BCUT2D eigenvalue weighted by Gasteiger charge is -2.09. The highest BCUT2D eigenvalue weighted by atomic mass is 32.2. The highest BCUT2D eigenvalue weighted by Gasteiger charge is 2.07. The Balaban J connectivity index is 1.98. The Morgan fingerprint density at radius 3 is 2.36 bits per heavy atom. The van der Waals surface area contributed by atoms with Crippen molar-refractivity contribution in [3.8, 4) is 0 Å². The number of amides is 3. The molecule has 0 heterocycles. The van der Waals surface area contributed by atoms with Gasteiger partial charge in [0.25, 0.3) is 5.91 Å². The van der Waals surface area contributed by atoms with Gasteiger partial charge in [-0.2, -0.15) is 0 Å². The molecule has 0 fully saturated rings. The number of carbonyl (C=O) groups is 3. The highest BCUT2D eigenvalue weighted by molar-refractivity contribution is 7.97. The third kappa shape index (κ3) is 15.2. The fourth-order valence-corrected chi connectivity index (χ4v) is 2.65. The molecule has 0 aromatic heterocycles. The minimum absolute atomic E-state index is 0.0783. The Morgan fingerprint density at radius 1 is 0.970 bits per heavy atom. The second-order valence-electron chi connectivity index (χ2n) is 7.31. The normalized spacial score (nSPS) is 10.7. The maximum absolute atomic E-state index is 11.9. The number of alkyl carbamates (subject to hydrolysis) is 1. The van der Waals surface area contributed by atoms with Gasteiger partial charge >= 0.3 is 6.09 Å². The van der Waals surface area contributed by atoms with E-state index in [1.54, 1.807) is 24.5 Å². The Bertz CT molecular complexity index is 719. The minimum atomic E-state index is -0.447. The Labute approximate surface area is 199 Å². The van der Waals surface area contributed by atoms with E-state index in [-0.39, 0.29) is 25.0 Å². The molecule has 0 saturated heterocycles. The molecular weight excluding hydrogens is 450 g/mol. The molecule has 3 N–H and O–H groups in total. The van der Waals surface area contributed by atoms with Gasteiger partial charge in [0.05, 0.1) is 39.6 Å². The number of nitrogens with one attached hydrogen (secondary N) is 3. The van der Waals surface area contributed by atoms with Gasteiger partial charge in [0.15, 0.2) is 0 Å². The molecule has 0 aliphatic carbocycles. The van der Waals surface area contributed by atoms with Crippen LogP contribution in [0.5, 0.6) is 0 Å². The van der Waals surface area contributed by atoms with E-state index in [0.717, 1.165) is 5.56 Å². The zero-order valence-corrected chi connectivity index (χ0v) is 20.3. The molecule has 0 aliphatic heterocycles. The average Bonchev–Trinajstić information content (AvgIpc) is 2.80. The molecule has 0 atom stereocenters. The first-order valence-electron chi connectivity index (χ1n) is 10.7. The summed E-state index contributed by atoms with van der Waals surface area (Å²) in [5, 5.41) is 5.35. The summed E-state index contributed by atoms with van der Waals surface area (Å²) in [5.41, 5.74) is 1.36. The largest absolute Gasteiger partial charge is 0.449 e. The van der Waals surface area contributed by atoms with Gasteiger partial charge in [0, 0.05) is 24.9 Å². The van der Waals surface area contributed by atoms with Crippen molar-refractivity contribution < 1.29 is 33.3 Å². The maximum Gasteiger partial charge on any atom is 0.407 e. The van der Waals surface area contributed by atoms with Crippen LogP contribution in [0.3, 0.4) is 0 Å². The second-order valence-corrected chi connectivity index (χ2v) is 7.92. The molecule has 0 bridgehead atoms. The van der Waals surface area contributed by atoms with E-state index in [9.17, 15) is 14.4 Å². The lowest BCUT2D eigenvalue weighted by Crippen LogP contribution is -2.29. The van der Waals surface area contributed by atoms with E-state index < -0.39 is 6.09 Å². The number of hydrogen-bond donors (Lipinski definition) is 3. The predicted molar refractivity (Wildman–Crippen MR) is 126 cm³/mol. The predicted octanol–water partition coefficient (Wildman–Crippen LogP) is 1.74. The van der Waals surface area contributed by atoms with Crippen LogP contribution in [0.2, 0.25) is 0 Å². The van der Waals surface area contributed by atoms with Gasteiger partial charge < -0.3 is 29.6 Å². The summed E-state index contributed by atoms with van der Waals surface area (Å²) < 4.78 is 23.6. The molecule has 0 unspecified atom stereocenters. The van der Waals surface area contributed by atoms with Crippen molar-refractivity contribution in [2.75, 3.05) is 59.0 Å². The molecule has 1 rings (SSSR count). The van der Waals surface area contributed by atoms with Crippen molar-refractivity contribution in [1.82, 2.24) is 15.4 Å². The van der Waals surface area contributed by atoms with Gasteiger partial charge in [0.2, 0.25) is 5.91 Å². The fourth-order valence-electron chi connectivity index (χ4n) is 2.35. The molecule has 33 heavy (non-hydrogen) atoms. The van der Waals surface area contributed by atoms with Crippen LogP contribution in [0.15, 0.2) is 24.3 Å². The third-order valence-electron chi connectivity index (χ3n) is 3.91. The smallest absolute Gasteiger partial charge is 0.407 e. The van der Waals surface area contributed by atoms with E-state index in [0.29, 0.717) is 57.6 Å². The van der Waals surface area contributed by atoms with Crippen molar-refractivity contribution in [2.24, 2.45) is 5.92 Å². The Hall–Kier alpha value is -2.34. The average molecular weight is 486 g/mol. The second kappa shape index (κ2) is 18.1. The van der Waals surface area contributed by atoms with Crippen molar-refractivity contribution in [3.63, 3.8) is 0 Å². The molecule has 0 aliphatic rings. The van der Waals surface area contributed by atoms with E-state index in [1.165, 1.54) is 11.9 Å². The molecule has 10 nitrogen and oxygen atoms in total. The van der Waals surface area contributed by atoms with Crippen LogP contribution in [0, 0.1) is 5.92 Å². The Kier molecular flexibility index (Phi) is 15.8. The summed E-state index contributed by atoms with van der Waals surface area (Å²) in [4.78, 5) is 35.0. The number of rotatable bonds is 17. The molecule has 0 saturated carbocycles. The monoisotopic (exact) mass is 485 g/mol. The first kappa shape index (κ1) is 28.7. The van der Waals surface area contributed by atoms with Crippen molar-refractivity contribution in [2.45, 2.75) is 20.4 Å². The van der Waals surface area contributed by atoms with E-state index in [2.05, 4.69) is 15.4 Å². The van der Waals surface area contributed by atoms with Crippen LogP contribution in [0.25, 0.3) is 0 Å². The molecular formula is C22H35N3O7S. The number of ether oxygens (including phenoxy) is 4. The standard InChI is InChI=1S/C22H35N3O7S/c1-17(2)15-32-22(28)23-7-8-29-9-10-30-11-12-31-16-20(26)24-14-18-5-4-6-19(13-18)21(27)25-33-3/h4-6,13,17H,7-12,14-16H2,1-3H3,(H,23,28)(H,24,26)(H,25,27). The van der Waals surface area contributed by atoms with Gasteiger partial charge in [-0.3, -0.25) is 14.3 Å². The molecule has 1 aromatic carbocycles. The van der Waals surface area contributed by atoms with Gasteiger partial charge in [-0.1, -0.05) is 37.9 Å². The summed E-state index contributed by atoms with van der Waals surface area (Å²) in [5.74, 6) is -0.134. The van der Waals surface area contributed by atoms with Crippen molar-refractivity contribution >= 4 is 29.9 Å². The van der Waals surface area contributed by atoms with Crippen LogP contribution in [0.1, 0.15) is 29.8 Å². The highest BCUT2D eigenvalue weighted by Crippen LogP contribution is 2.06. The molecule has 0 radical (unpaired) electrons. The lowest BCUT2D eigenvalue weighted by atomic mass is 10.1. The summed E-state index contributed by atoms with van der Waals surface area (Å²) >= 11 is 1.23.